The van der Waals surface area contributed by atoms with Crippen molar-refractivity contribution in [3.63, 3.8) is 0 Å². The maximum atomic E-state index is 14.4. The summed E-state index contributed by atoms with van der Waals surface area (Å²) < 4.78 is 34.3. The summed E-state index contributed by atoms with van der Waals surface area (Å²) >= 11 is 3.14. The Morgan fingerprint density at radius 2 is 1.90 bits per heavy atom. The lowest BCUT2D eigenvalue weighted by Gasteiger charge is -2.46. The van der Waals surface area contributed by atoms with E-state index in [0.29, 0.717) is 13.2 Å². The van der Waals surface area contributed by atoms with E-state index in [9.17, 15) is 8.78 Å². The maximum Gasteiger partial charge on any atom is 0.145 e. The molecule has 1 aliphatic heterocycles. The number of hydrogen-bond donors (Lipinski definition) is 1. The monoisotopic (exact) mass is 362 g/mol. The Morgan fingerprint density at radius 3 is 2.48 bits per heavy atom. The van der Waals surface area contributed by atoms with Gasteiger partial charge in [-0.2, -0.15) is 0 Å². The average molecular weight is 363 g/mol. The molecule has 0 saturated carbocycles. The van der Waals surface area contributed by atoms with Gasteiger partial charge in [-0.05, 0) is 49.0 Å². The van der Waals surface area contributed by atoms with Gasteiger partial charge in [-0.3, -0.25) is 4.90 Å². The van der Waals surface area contributed by atoms with E-state index in [0.717, 1.165) is 13.1 Å². The highest BCUT2D eigenvalue weighted by Crippen LogP contribution is 2.36. The third-order valence-corrected chi connectivity index (χ3v) is 4.80. The van der Waals surface area contributed by atoms with Crippen LogP contribution in [0.3, 0.4) is 0 Å². The number of nitrogens with one attached hydrogen (secondary N) is 1. The van der Waals surface area contributed by atoms with E-state index in [1.807, 2.05) is 13.8 Å². The molecule has 1 saturated heterocycles. The maximum absolute atomic E-state index is 14.4. The predicted octanol–water partition coefficient (Wildman–Crippen LogP) is 3.10. The Bertz CT molecular complexity index is 505. The van der Waals surface area contributed by atoms with Gasteiger partial charge in [0.05, 0.1) is 23.7 Å². The van der Waals surface area contributed by atoms with Gasteiger partial charge < -0.3 is 10.1 Å². The van der Waals surface area contributed by atoms with Crippen LogP contribution in [0.2, 0.25) is 0 Å². The lowest BCUT2D eigenvalue weighted by Crippen LogP contribution is -2.56. The van der Waals surface area contributed by atoms with Gasteiger partial charge in [0.25, 0.3) is 0 Å². The summed E-state index contributed by atoms with van der Waals surface area (Å²) in [5, 5.41) is 3.08. The van der Waals surface area contributed by atoms with E-state index in [1.165, 1.54) is 12.1 Å². The number of morpholine rings is 1. The molecule has 0 radical (unpaired) electrons. The second-order valence-electron chi connectivity index (χ2n) is 5.73. The van der Waals surface area contributed by atoms with E-state index in [1.54, 1.807) is 7.05 Å². The summed E-state index contributed by atoms with van der Waals surface area (Å²) in [5.74, 6) is -1.08. The number of likely N-dealkylation sites (N-methyl/N-ethyl adjacent to an activating group) is 1. The average Bonchev–Trinajstić information content (AvgIpc) is 2.48. The fraction of sp³-hybridized carbons (Fsp3) is 0.600. The molecular formula is C15H21BrF2N2O. The number of hydrogen-bond acceptors (Lipinski definition) is 3. The molecule has 0 amide bonds. The molecule has 0 bridgehead atoms. The zero-order valence-corrected chi connectivity index (χ0v) is 14.1. The topological polar surface area (TPSA) is 24.5 Å². The highest BCUT2D eigenvalue weighted by atomic mass is 79.9. The first kappa shape index (κ1) is 16.8. The minimum atomic E-state index is -0.546. The highest BCUT2D eigenvalue weighted by molar-refractivity contribution is 9.10. The largest absolute Gasteiger partial charge is 0.379 e. The van der Waals surface area contributed by atoms with Gasteiger partial charge in [-0.15, -0.1) is 0 Å². The first-order chi connectivity index (χ1) is 9.89. The van der Waals surface area contributed by atoms with Crippen LogP contribution < -0.4 is 5.32 Å². The second kappa shape index (κ2) is 6.69. The summed E-state index contributed by atoms with van der Waals surface area (Å²) in [4.78, 5) is 2.21. The van der Waals surface area contributed by atoms with Crippen LogP contribution in [0.4, 0.5) is 8.78 Å². The van der Waals surface area contributed by atoms with Gasteiger partial charge in [-0.25, -0.2) is 8.78 Å². The standard InChI is InChI=1S/C15H21BrF2N2O/c1-15(2,20-6-8-21-9-7-20)14(19-3)12-11(17)5-4-10(16)13(12)18/h4-5,14,19H,6-9H2,1-3H3. The van der Waals surface area contributed by atoms with Gasteiger partial charge in [0.1, 0.15) is 11.6 Å². The van der Waals surface area contributed by atoms with Gasteiger partial charge in [0, 0.05) is 24.2 Å². The van der Waals surface area contributed by atoms with Crippen molar-refractivity contribution in [2.75, 3.05) is 33.4 Å². The van der Waals surface area contributed by atoms with Crippen molar-refractivity contribution in [1.29, 1.82) is 0 Å². The smallest absolute Gasteiger partial charge is 0.145 e. The van der Waals surface area contributed by atoms with Crippen molar-refractivity contribution in [3.05, 3.63) is 33.8 Å². The summed E-state index contributed by atoms with van der Waals surface area (Å²) in [7, 11) is 1.73. The Kier molecular flexibility index (Phi) is 5.35. The zero-order chi connectivity index (χ0) is 15.6. The molecule has 1 N–H and O–H groups in total. The van der Waals surface area contributed by atoms with E-state index in [2.05, 4.69) is 26.1 Å². The van der Waals surface area contributed by atoms with Gasteiger partial charge >= 0.3 is 0 Å². The third-order valence-electron chi connectivity index (χ3n) is 4.19. The van der Waals surface area contributed by atoms with E-state index < -0.39 is 23.2 Å². The van der Waals surface area contributed by atoms with Crippen molar-refractivity contribution >= 4 is 15.9 Å². The molecule has 6 heteroatoms. The van der Waals surface area contributed by atoms with Gasteiger partial charge in [0.2, 0.25) is 0 Å². The normalized spacial score (nSPS) is 18.8. The molecule has 1 aromatic carbocycles. The lowest BCUT2D eigenvalue weighted by atomic mass is 9.86. The first-order valence-electron chi connectivity index (χ1n) is 7.03. The summed E-state index contributed by atoms with van der Waals surface area (Å²) in [6, 6.07) is 2.22. The Balaban J connectivity index is 2.41. The van der Waals surface area contributed by atoms with Crippen molar-refractivity contribution in [1.82, 2.24) is 10.2 Å². The van der Waals surface area contributed by atoms with Crippen LogP contribution in [0, 0.1) is 11.6 Å². The molecule has 2 rings (SSSR count). The molecule has 1 heterocycles. The van der Waals surface area contributed by atoms with Crippen molar-refractivity contribution in [3.8, 4) is 0 Å². The van der Waals surface area contributed by atoms with Crippen LogP contribution in [-0.4, -0.2) is 43.8 Å². The van der Waals surface area contributed by atoms with Crippen LogP contribution in [0.25, 0.3) is 0 Å². The molecule has 1 fully saturated rings. The van der Waals surface area contributed by atoms with E-state index in [4.69, 9.17) is 4.74 Å². The first-order valence-corrected chi connectivity index (χ1v) is 7.82. The minimum absolute atomic E-state index is 0.0726. The van der Waals surface area contributed by atoms with E-state index in [-0.39, 0.29) is 10.0 Å². The van der Waals surface area contributed by atoms with Gasteiger partial charge in [-0.1, -0.05) is 0 Å². The van der Waals surface area contributed by atoms with Crippen LogP contribution in [-0.2, 0) is 4.74 Å². The van der Waals surface area contributed by atoms with Crippen LogP contribution in [0.1, 0.15) is 25.5 Å². The van der Waals surface area contributed by atoms with Crippen LogP contribution in [0.15, 0.2) is 16.6 Å². The van der Waals surface area contributed by atoms with Crippen molar-refractivity contribution in [2.45, 2.75) is 25.4 Å². The molecule has 1 unspecified atom stereocenters. The Hall–Kier alpha value is -0.560. The van der Waals surface area contributed by atoms with Crippen LogP contribution in [0.5, 0.6) is 0 Å². The summed E-state index contributed by atoms with van der Waals surface area (Å²) in [6.07, 6.45) is 0. The Labute approximate surface area is 132 Å². The molecule has 1 aromatic rings. The quantitative estimate of drug-likeness (QED) is 0.833. The molecule has 0 aromatic heterocycles. The summed E-state index contributed by atoms with van der Waals surface area (Å²) in [6.45, 7) is 6.79. The van der Waals surface area contributed by atoms with Crippen LogP contribution >= 0.6 is 15.9 Å². The molecule has 1 atom stereocenters. The molecule has 3 nitrogen and oxygen atoms in total. The fourth-order valence-corrected chi connectivity index (χ4v) is 3.33. The van der Waals surface area contributed by atoms with Gasteiger partial charge in [0.15, 0.2) is 0 Å². The highest BCUT2D eigenvalue weighted by Gasteiger charge is 2.39. The van der Waals surface area contributed by atoms with Crippen molar-refractivity contribution in [2.24, 2.45) is 0 Å². The van der Waals surface area contributed by atoms with E-state index >= 15 is 0 Å². The fourth-order valence-electron chi connectivity index (χ4n) is 2.98. The number of benzene rings is 1. The molecule has 118 valence electrons. The minimum Gasteiger partial charge on any atom is -0.379 e. The molecule has 1 aliphatic rings. The molecule has 0 aliphatic carbocycles. The number of halogens is 3. The number of nitrogens with zero attached hydrogens (tertiary/aromatic N) is 1. The number of ether oxygens (including phenoxy) is 1. The summed E-state index contributed by atoms with van der Waals surface area (Å²) in [5.41, 5.74) is -0.371. The lowest BCUT2D eigenvalue weighted by molar-refractivity contribution is -0.0237. The number of rotatable bonds is 4. The SMILES string of the molecule is CNC(c1c(F)ccc(Br)c1F)C(C)(C)N1CCOCC1. The molecule has 21 heavy (non-hydrogen) atoms. The molecule has 0 spiro atoms. The molecular weight excluding hydrogens is 342 g/mol. The Morgan fingerprint density at radius 1 is 1.29 bits per heavy atom. The second-order valence-corrected chi connectivity index (χ2v) is 6.59. The van der Waals surface area contributed by atoms with Crippen molar-refractivity contribution < 1.29 is 13.5 Å². The predicted molar refractivity (Wildman–Crippen MR) is 82.3 cm³/mol. The third kappa shape index (κ3) is 3.28. The zero-order valence-electron chi connectivity index (χ0n) is 12.5.